The molecule has 0 bridgehead atoms. The molecule has 0 fully saturated rings. The molecule has 0 spiro atoms. The number of carboxylic acid groups (broad SMARTS) is 1. The number of carbonyl (C=O) groups is 1. The van der Waals surface area contributed by atoms with Crippen molar-refractivity contribution >= 4 is 5.97 Å². The monoisotopic (exact) mass is 236 g/mol. The molecule has 0 aliphatic rings. The smallest absolute Gasteiger partial charge is 0.303 e. The van der Waals surface area contributed by atoms with E-state index in [1.165, 1.54) is 0 Å². The van der Waals surface area contributed by atoms with Gasteiger partial charge in [0, 0.05) is 6.42 Å². The van der Waals surface area contributed by atoms with Gasteiger partial charge in [0.2, 0.25) is 0 Å². The molecule has 0 atom stereocenters. The molecule has 0 unspecified atom stereocenters. The molecular formula is C14H20O3. The van der Waals surface area contributed by atoms with E-state index in [2.05, 4.69) is 0 Å². The Morgan fingerprint density at radius 2 is 1.82 bits per heavy atom. The van der Waals surface area contributed by atoms with E-state index in [1.807, 2.05) is 39.8 Å². The molecule has 1 rings (SSSR count). The van der Waals surface area contributed by atoms with E-state index in [4.69, 9.17) is 9.84 Å². The van der Waals surface area contributed by atoms with Gasteiger partial charge in [0.05, 0.1) is 6.10 Å². The highest BCUT2D eigenvalue weighted by Crippen LogP contribution is 2.23. The van der Waals surface area contributed by atoms with Crippen molar-refractivity contribution in [3.63, 3.8) is 0 Å². The van der Waals surface area contributed by atoms with E-state index >= 15 is 0 Å². The molecule has 1 aromatic carbocycles. The van der Waals surface area contributed by atoms with Crippen LogP contribution in [0.1, 0.15) is 37.0 Å². The van der Waals surface area contributed by atoms with Crippen molar-refractivity contribution in [2.24, 2.45) is 0 Å². The number of carboxylic acids is 1. The second-order valence-electron chi connectivity index (χ2n) is 4.60. The van der Waals surface area contributed by atoms with Crippen molar-refractivity contribution in [3.05, 3.63) is 28.8 Å². The van der Waals surface area contributed by atoms with Crippen molar-refractivity contribution < 1.29 is 14.6 Å². The van der Waals surface area contributed by atoms with Crippen LogP contribution in [0.15, 0.2) is 12.1 Å². The van der Waals surface area contributed by atoms with Crippen LogP contribution in [-0.2, 0) is 11.2 Å². The molecule has 94 valence electrons. The van der Waals surface area contributed by atoms with Crippen LogP contribution in [0.2, 0.25) is 0 Å². The molecule has 3 nitrogen and oxygen atoms in total. The summed E-state index contributed by atoms with van der Waals surface area (Å²) in [6.45, 7) is 7.97. The van der Waals surface area contributed by atoms with Crippen molar-refractivity contribution in [2.75, 3.05) is 0 Å². The molecule has 0 saturated carbocycles. The predicted octanol–water partition coefficient (Wildman–Crippen LogP) is 3.11. The van der Waals surface area contributed by atoms with Crippen LogP contribution in [0.4, 0.5) is 0 Å². The average Bonchev–Trinajstić information content (AvgIpc) is 2.14. The lowest BCUT2D eigenvalue weighted by atomic mass is 9.98. The zero-order chi connectivity index (χ0) is 13.0. The van der Waals surface area contributed by atoms with Crippen LogP contribution < -0.4 is 4.74 Å². The fourth-order valence-corrected chi connectivity index (χ4v) is 1.92. The normalized spacial score (nSPS) is 10.6. The molecule has 0 aromatic heterocycles. The standard InChI is InChI=1S/C14H20O3/c1-9(2)17-12-7-10(3)13(11(4)8-12)5-6-14(15)16/h7-9H,5-6H2,1-4H3,(H,15,16). The lowest BCUT2D eigenvalue weighted by molar-refractivity contribution is -0.136. The summed E-state index contributed by atoms with van der Waals surface area (Å²) >= 11 is 0. The van der Waals surface area contributed by atoms with Crippen LogP contribution in [-0.4, -0.2) is 17.2 Å². The highest BCUT2D eigenvalue weighted by molar-refractivity contribution is 5.67. The largest absolute Gasteiger partial charge is 0.491 e. The molecular weight excluding hydrogens is 216 g/mol. The molecule has 0 saturated heterocycles. The Bertz CT molecular complexity index is 385. The van der Waals surface area contributed by atoms with Gasteiger partial charge < -0.3 is 9.84 Å². The first-order chi connectivity index (χ1) is 7.90. The molecule has 0 heterocycles. The Kier molecular flexibility index (Phi) is 4.55. The maximum Gasteiger partial charge on any atom is 0.303 e. The van der Waals surface area contributed by atoms with E-state index in [1.54, 1.807) is 0 Å². The number of aliphatic carboxylic acids is 1. The maximum absolute atomic E-state index is 10.6. The van der Waals surface area contributed by atoms with Gasteiger partial charge in [-0.05, 0) is 62.9 Å². The van der Waals surface area contributed by atoms with Gasteiger partial charge in [-0.1, -0.05) is 0 Å². The maximum atomic E-state index is 10.6. The zero-order valence-electron chi connectivity index (χ0n) is 10.9. The summed E-state index contributed by atoms with van der Waals surface area (Å²) in [6.07, 6.45) is 0.903. The van der Waals surface area contributed by atoms with Crippen LogP contribution in [0.5, 0.6) is 5.75 Å². The van der Waals surface area contributed by atoms with Crippen LogP contribution in [0.25, 0.3) is 0 Å². The number of aryl methyl sites for hydroxylation is 2. The minimum absolute atomic E-state index is 0.152. The molecule has 0 amide bonds. The summed E-state index contributed by atoms with van der Waals surface area (Å²) in [5.74, 6) is 0.0976. The first kappa shape index (κ1) is 13.6. The molecule has 0 radical (unpaired) electrons. The van der Waals surface area contributed by atoms with Crippen molar-refractivity contribution in [1.82, 2.24) is 0 Å². The summed E-state index contributed by atoms with van der Waals surface area (Å²) in [6, 6.07) is 3.95. The third-order valence-electron chi connectivity index (χ3n) is 2.63. The summed E-state index contributed by atoms with van der Waals surface area (Å²) in [5.41, 5.74) is 3.31. The third-order valence-corrected chi connectivity index (χ3v) is 2.63. The molecule has 1 aromatic rings. The predicted molar refractivity (Wildman–Crippen MR) is 67.6 cm³/mol. The number of hydrogen-bond donors (Lipinski definition) is 1. The van der Waals surface area contributed by atoms with E-state index < -0.39 is 5.97 Å². The van der Waals surface area contributed by atoms with Gasteiger partial charge in [0.15, 0.2) is 0 Å². The Morgan fingerprint density at radius 3 is 2.24 bits per heavy atom. The lowest BCUT2D eigenvalue weighted by Gasteiger charge is -2.15. The van der Waals surface area contributed by atoms with Gasteiger partial charge in [-0.2, -0.15) is 0 Å². The number of ether oxygens (including phenoxy) is 1. The van der Waals surface area contributed by atoms with Gasteiger partial charge >= 0.3 is 5.97 Å². The van der Waals surface area contributed by atoms with Crippen molar-refractivity contribution in [1.29, 1.82) is 0 Å². The van der Waals surface area contributed by atoms with Gasteiger partial charge in [0.1, 0.15) is 5.75 Å². The first-order valence-electron chi connectivity index (χ1n) is 5.88. The quantitative estimate of drug-likeness (QED) is 0.854. The molecule has 0 aliphatic carbocycles. The van der Waals surface area contributed by atoms with E-state index in [-0.39, 0.29) is 12.5 Å². The molecule has 1 N–H and O–H groups in total. The fourth-order valence-electron chi connectivity index (χ4n) is 1.92. The second-order valence-corrected chi connectivity index (χ2v) is 4.60. The van der Waals surface area contributed by atoms with E-state index in [0.29, 0.717) is 6.42 Å². The van der Waals surface area contributed by atoms with Crippen molar-refractivity contribution in [2.45, 2.75) is 46.6 Å². The lowest BCUT2D eigenvalue weighted by Crippen LogP contribution is -2.07. The zero-order valence-corrected chi connectivity index (χ0v) is 10.9. The number of hydrogen-bond acceptors (Lipinski definition) is 2. The van der Waals surface area contributed by atoms with E-state index in [0.717, 1.165) is 22.4 Å². The molecule has 0 aliphatic heterocycles. The fraction of sp³-hybridized carbons (Fsp3) is 0.500. The number of rotatable bonds is 5. The Morgan fingerprint density at radius 1 is 1.29 bits per heavy atom. The van der Waals surface area contributed by atoms with Gasteiger partial charge in [0.25, 0.3) is 0 Å². The minimum Gasteiger partial charge on any atom is -0.491 e. The number of benzene rings is 1. The van der Waals surface area contributed by atoms with Gasteiger partial charge in [-0.3, -0.25) is 4.79 Å². The summed E-state index contributed by atoms with van der Waals surface area (Å²) in [5, 5.41) is 8.71. The summed E-state index contributed by atoms with van der Waals surface area (Å²) in [4.78, 5) is 10.6. The molecule has 3 heteroatoms. The minimum atomic E-state index is -0.758. The van der Waals surface area contributed by atoms with Crippen LogP contribution in [0, 0.1) is 13.8 Å². The second kappa shape index (κ2) is 5.71. The first-order valence-corrected chi connectivity index (χ1v) is 5.88. The third kappa shape index (κ3) is 4.10. The SMILES string of the molecule is Cc1cc(OC(C)C)cc(C)c1CCC(=O)O. The Hall–Kier alpha value is -1.51. The van der Waals surface area contributed by atoms with Crippen molar-refractivity contribution in [3.8, 4) is 5.75 Å². The topological polar surface area (TPSA) is 46.5 Å². The van der Waals surface area contributed by atoms with Crippen LogP contribution in [0.3, 0.4) is 0 Å². The van der Waals surface area contributed by atoms with Gasteiger partial charge in [-0.15, -0.1) is 0 Å². The van der Waals surface area contributed by atoms with E-state index in [9.17, 15) is 4.79 Å². The molecule has 17 heavy (non-hydrogen) atoms. The highest BCUT2D eigenvalue weighted by atomic mass is 16.5. The van der Waals surface area contributed by atoms with Crippen LogP contribution >= 0.6 is 0 Å². The Labute approximate surface area is 102 Å². The highest BCUT2D eigenvalue weighted by Gasteiger charge is 2.08. The van der Waals surface area contributed by atoms with Gasteiger partial charge in [-0.25, -0.2) is 0 Å². The summed E-state index contributed by atoms with van der Waals surface area (Å²) < 4.78 is 5.64. The summed E-state index contributed by atoms with van der Waals surface area (Å²) in [7, 11) is 0. The Balaban J connectivity index is 2.90. The average molecular weight is 236 g/mol.